The highest BCUT2D eigenvalue weighted by atomic mass is 32.1. The zero-order chi connectivity index (χ0) is 11.4. The molecule has 15 heavy (non-hydrogen) atoms. The highest BCUT2D eigenvalue weighted by Crippen LogP contribution is 2.25. The molecule has 1 aliphatic carbocycles. The number of thiocarbonyl (C=S) groups is 1. The normalized spacial score (nSPS) is 20.1. The molecule has 0 spiro atoms. The zero-order valence-corrected chi connectivity index (χ0v) is 11.0. The van der Waals surface area contributed by atoms with E-state index in [-0.39, 0.29) is 6.04 Å². The summed E-state index contributed by atoms with van der Waals surface area (Å²) >= 11 is 5.12. The lowest BCUT2D eigenvalue weighted by atomic mass is 10.1. The first-order valence-corrected chi connectivity index (χ1v) is 6.48. The molecule has 0 heterocycles. The van der Waals surface area contributed by atoms with Gasteiger partial charge >= 0.3 is 0 Å². The van der Waals surface area contributed by atoms with Crippen molar-refractivity contribution in [3.63, 3.8) is 0 Å². The summed E-state index contributed by atoms with van der Waals surface area (Å²) in [6, 6.07) is 0.967. The van der Waals surface area contributed by atoms with Gasteiger partial charge in [-0.15, -0.1) is 0 Å². The van der Waals surface area contributed by atoms with Gasteiger partial charge in [-0.3, -0.25) is 4.90 Å². The monoisotopic (exact) mass is 228 g/mol. The van der Waals surface area contributed by atoms with Gasteiger partial charge in [0, 0.05) is 12.6 Å². The summed E-state index contributed by atoms with van der Waals surface area (Å²) in [5.41, 5.74) is 5.77. The van der Waals surface area contributed by atoms with Crippen molar-refractivity contribution in [2.24, 2.45) is 11.7 Å². The van der Waals surface area contributed by atoms with Gasteiger partial charge in [0.2, 0.25) is 0 Å². The highest BCUT2D eigenvalue weighted by molar-refractivity contribution is 7.80. The van der Waals surface area contributed by atoms with E-state index >= 15 is 0 Å². The maximum Gasteiger partial charge on any atom is 0.0899 e. The first-order chi connectivity index (χ1) is 7.02. The molecule has 0 aromatic carbocycles. The molecular weight excluding hydrogens is 204 g/mol. The standard InChI is InChI=1S/C12H24N2S/c1-9(2)8-14(10(3)12(13)15)11-6-4-5-7-11/h9-11H,4-8H2,1-3H3,(H2,13,15). The summed E-state index contributed by atoms with van der Waals surface area (Å²) in [5, 5.41) is 0. The van der Waals surface area contributed by atoms with Crippen LogP contribution in [0.3, 0.4) is 0 Å². The molecule has 2 nitrogen and oxygen atoms in total. The van der Waals surface area contributed by atoms with Gasteiger partial charge in [0.15, 0.2) is 0 Å². The summed E-state index contributed by atoms with van der Waals surface area (Å²) in [7, 11) is 0. The molecule has 0 bridgehead atoms. The van der Waals surface area contributed by atoms with Crippen molar-refractivity contribution in [2.45, 2.75) is 58.5 Å². The highest BCUT2D eigenvalue weighted by Gasteiger charge is 2.27. The maximum absolute atomic E-state index is 5.77. The van der Waals surface area contributed by atoms with Crippen LogP contribution in [0.1, 0.15) is 46.5 Å². The van der Waals surface area contributed by atoms with Crippen molar-refractivity contribution in [3.8, 4) is 0 Å². The third-order valence-corrected chi connectivity index (χ3v) is 3.62. The maximum atomic E-state index is 5.77. The van der Waals surface area contributed by atoms with Gasteiger partial charge in [-0.1, -0.05) is 38.9 Å². The Kier molecular flexibility index (Phi) is 5.00. The van der Waals surface area contributed by atoms with E-state index in [4.69, 9.17) is 18.0 Å². The van der Waals surface area contributed by atoms with Crippen molar-refractivity contribution in [3.05, 3.63) is 0 Å². The van der Waals surface area contributed by atoms with Crippen LogP contribution in [0.15, 0.2) is 0 Å². The SMILES string of the molecule is CC(C)CN(C1CCCC1)C(C)C(N)=S. The predicted molar refractivity (Wildman–Crippen MR) is 70.0 cm³/mol. The van der Waals surface area contributed by atoms with Crippen LogP contribution >= 0.6 is 12.2 Å². The molecule has 0 amide bonds. The van der Waals surface area contributed by atoms with Gasteiger partial charge in [-0.25, -0.2) is 0 Å². The van der Waals surface area contributed by atoms with Crippen LogP contribution in [0.25, 0.3) is 0 Å². The second kappa shape index (κ2) is 5.80. The molecule has 0 aromatic heterocycles. The Morgan fingerprint density at radius 2 is 1.87 bits per heavy atom. The van der Waals surface area contributed by atoms with Crippen LogP contribution in [0.2, 0.25) is 0 Å². The van der Waals surface area contributed by atoms with E-state index in [9.17, 15) is 0 Å². The predicted octanol–water partition coefficient (Wildman–Crippen LogP) is 2.56. The summed E-state index contributed by atoms with van der Waals surface area (Å²) in [6.45, 7) is 7.77. The van der Waals surface area contributed by atoms with E-state index in [0.29, 0.717) is 16.9 Å². The quantitative estimate of drug-likeness (QED) is 0.733. The second-order valence-corrected chi connectivity index (χ2v) is 5.58. The summed E-state index contributed by atoms with van der Waals surface area (Å²) in [4.78, 5) is 3.16. The Bertz CT molecular complexity index is 210. The van der Waals surface area contributed by atoms with Gasteiger partial charge in [-0.2, -0.15) is 0 Å². The minimum atomic E-state index is 0.255. The average Bonchev–Trinajstić information content (AvgIpc) is 2.65. The van der Waals surface area contributed by atoms with E-state index in [1.807, 2.05) is 0 Å². The molecule has 1 atom stereocenters. The molecule has 0 aliphatic heterocycles. The smallest absolute Gasteiger partial charge is 0.0899 e. The third kappa shape index (κ3) is 3.72. The molecule has 0 aromatic rings. The molecular formula is C12H24N2S. The molecule has 2 N–H and O–H groups in total. The number of rotatable bonds is 5. The van der Waals surface area contributed by atoms with E-state index in [1.54, 1.807) is 0 Å². The van der Waals surface area contributed by atoms with E-state index in [2.05, 4.69) is 25.7 Å². The average molecular weight is 228 g/mol. The lowest BCUT2D eigenvalue weighted by Gasteiger charge is -2.35. The lowest BCUT2D eigenvalue weighted by Crippen LogP contribution is -2.48. The minimum Gasteiger partial charge on any atom is -0.392 e. The molecule has 0 radical (unpaired) electrons. The fourth-order valence-corrected chi connectivity index (χ4v) is 2.58. The molecule has 0 saturated heterocycles. The van der Waals surface area contributed by atoms with E-state index in [0.717, 1.165) is 6.54 Å². The van der Waals surface area contributed by atoms with Crippen molar-refractivity contribution in [1.82, 2.24) is 4.90 Å². The molecule has 88 valence electrons. The van der Waals surface area contributed by atoms with Gasteiger partial charge in [-0.05, 0) is 25.7 Å². The lowest BCUT2D eigenvalue weighted by molar-refractivity contribution is 0.161. The van der Waals surface area contributed by atoms with Gasteiger partial charge in [0.05, 0.1) is 11.0 Å². The van der Waals surface area contributed by atoms with Crippen LogP contribution in [0.4, 0.5) is 0 Å². The Morgan fingerprint density at radius 1 is 1.33 bits per heavy atom. The Hall–Kier alpha value is -0.150. The molecule has 1 fully saturated rings. The minimum absolute atomic E-state index is 0.255. The van der Waals surface area contributed by atoms with Gasteiger partial charge in [0.1, 0.15) is 0 Å². The zero-order valence-electron chi connectivity index (χ0n) is 10.2. The van der Waals surface area contributed by atoms with Crippen molar-refractivity contribution in [2.75, 3.05) is 6.54 Å². The van der Waals surface area contributed by atoms with Crippen LogP contribution < -0.4 is 5.73 Å². The molecule has 1 unspecified atom stereocenters. The van der Waals surface area contributed by atoms with Crippen LogP contribution in [-0.4, -0.2) is 28.5 Å². The van der Waals surface area contributed by atoms with Gasteiger partial charge in [0.25, 0.3) is 0 Å². The fraction of sp³-hybridized carbons (Fsp3) is 0.917. The van der Waals surface area contributed by atoms with Crippen molar-refractivity contribution in [1.29, 1.82) is 0 Å². The number of hydrogen-bond acceptors (Lipinski definition) is 2. The first-order valence-electron chi connectivity index (χ1n) is 6.07. The molecule has 1 aliphatic rings. The Labute approximate surface area is 99.2 Å². The molecule has 1 saturated carbocycles. The Morgan fingerprint density at radius 3 is 2.27 bits per heavy atom. The van der Waals surface area contributed by atoms with Crippen molar-refractivity contribution >= 4 is 17.2 Å². The summed E-state index contributed by atoms with van der Waals surface area (Å²) < 4.78 is 0. The van der Waals surface area contributed by atoms with Crippen molar-refractivity contribution < 1.29 is 0 Å². The summed E-state index contributed by atoms with van der Waals surface area (Å²) in [6.07, 6.45) is 5.37. The molecule has 3 heteroatoms. The number of nitrogens with two attached hydrogens (primary N) is 1. The second-order valence-electron chi connectivity index (χ2n) is 5.11. The summed E-state index contributed by atoms with van der Waals surface area (Å²) in [5.74, 6) is 0.683. The van der Waals surface area contributed by atoms with E-state index in [1.165, 1.54) is 25.7 Å². The van der Waals surface area contributed by atoms with Gasteiger partial charge < -0.3 is 5.73 Å². The number of nitrogens with zero attached hydrogens (tertiary/aromatic N) is 1. The Balaban J connectivity index is 2.62. The first kappa shape index (κ1) is 12.9. The van der Waals surface area contributed by atoms with E-state index < -0.39 is 0 Å². The molecule has 1 rings (SSSR count). The topological polar surface area (TPSA) is 29.3 Å². The largest absolute Gasteiger partial charge is 0.392 e. The fourth-order valence-electron chi connectivity index (χ4n) is 2.44. The third-order valence-electron chi connectivity index (χ3n) is 3.28. The van der Waals surface area contributed by atoms with Crippen LogP contribution in [0.5, 0.6) is 0 Å². The van der Waals surface area contributed by atoms with Crippen LogP contribution in [-0.2, 0) is 0 Å². The number of hydrogen-bond donors (Lipinski definition) is 1. The van der Waals surface area contributed by atoms with Crippen LogP contribution in [0, 0.1) is 5.92 Å².